The summed E-state index contributed by atoms with van der Waals surface area (Å²) in [6.45, 7) is 1.75. The second-order valence-corrected chi connectivity index (χ2v) is 4.49. The van der Waals surface area contributed by atoms with Crippen LogP contribution in [0.5, 0.6) is 0 Å². The van der Waals surface area contributed by atoms with Gasteiger partial charge in [-0.3, -0.25) is 15.1 Å². The van der Waals surface area contributed by atoms with E-state index in [0.29, 0.717) is 0 Å². The van der Waals surface area contributed by atoms with Crippen LogP contribution in [0, 0.1) is 10.1 Å². The monoisotopic (exact) mass is 322 g/mol. The lowest BCUT2D eigenvalue weighted by atomic mass is 10.2. The SMILES string of the molecule is CCOC(=O)c1ccnc(N(C)Cc2n[nH]c(=O)[nH]2)c1[N+](=O)[O-]. The Labute approximate surface area is 129 Å². The Bertz CT molecular complexity index is 782. The molecule has 122 valence electrons. The average molecular weight is 322 g/mol. The molecule has 0 unspecified atom stereocenters. The van der Waals surface area contributed by atoms with E-state index in [1.54, 1.807) is 6.92 Å². The molecule has 2 aromatic heterocycles. The van der Waals surface area contributed by atoms with E-state index >= 15 is 0 Å². The van der Waals surface area contributed by atoms with Gasteiger partial charge in [-0.2, -0.15) is 5.10 Å². The van der Waals surface area contributed by atoms with Crippen molar-refractivity contribution in [3.63, 3.8) is 0 Å². The van der Waals surface area contributed by atoms with Crippen LogP contribution in [0.3, 0.4) is 0 Å². The summed E-state index contributed by atoms with van der Waals surface area (Å²) in [4.78, 5) is 41.3. The van der Waals surface area contributed by atoms with Gasteiger partial charge in [0.2, 0.25) is 5.82 Å². The second kappa shape index (κ2) is 6.68. The molecule has 0 radical (unpaired) electrons. The highest BCUT2D eigenvalue weighted by atomic mass is 16.6. The molecular formula is C12H14N6O5. The number of carbonyl (C=O) groups excluding carboxylic acids is 1. The van der Waals surface area contributed by atoms with Gasteiger partial charge in [-0.25, -0.2) is 19.7 Å². The fraction of sp³-hybridized carbons (Fsp3) is 0.333. The molecule has 2 aromatic rings. The minimum absolute atomic E-state index is 0.0376. The van der Waals surface area contributed by atoms with Gasteiger partial charge < -0.3 is 9.64 Å². The fourth-order valence-corrected chi connectivity index (χ4v) is 1.96. The molecule has 0 saturated heterocycles. The van der Waals surface area contributed by atoms with Crippen molar-refractivity contribution in [2.75, 3.05) is 18.6 Å². The van der Waals surface area contributed by atoms with Crippen LogP contribution in [-0.4, -0.2) is 44.7 Å². The summed E-state index contributed by atoms with van der Waals surface area (Å²) in [5.41, 5.74) is -1.15. The number of nitrogens with zero attached hydrogens (tertiary/aromatic N) is 4. The first-order valence-electron chi connectivity index (χ1n) is 6.59. The van der Waals surface area contributed by atoms with Crippen molar-refractivity contribution in [2.24, 2.45) is 0 Å². The first-order chi connectivity index (χ1) is 10.9. The van der Waals surface area contributed by atoms with Crippen LogP contribution in [0.2, 0.25) is 0 Å². The van der Waals surface area contributed by atoms with Crippen LogP contribution in [-0.2, 0) is 11.3 Å². The number of nitro groups is 1. The Hall–Kier alpha value is -3.24. The third kappa shape index (κ3) is 3.51. The molecule has 2 rings (SSSR count). The number of hydrogen-bond acceptors (Lipinski definition) is 8. The number of carbonyl (C=O) groups is 1. The zero-order valence-electron chi connectivity index (χ0n) is 12.4. The van der Waals surface area contributed by atoms with Gasteiger partial charge in [-0.15, -0.1) is 0 Å². The first kappa shape index (κ1) is 16.1. The van der Waals surface area contributed by atoms with Crippen molar-refractivity contribution in [1.29, 1.82) is 0 Å². The van der Waals surface area contributed by atoms with Gasteiger partial charge in [0.1, 0.15) is 11.4 Å². The molecular weight excluding hydrogens is 308 g/mol. The van der Waals surface area contributed by atoms with Crippen LogP contribution < -0.4 is 10.6 Å². The summed E-state index contributed by atoms with van der Waals surface area (Å²) < 4.78 is 4.82. The number of hydrogen-bond donors (Lipinski definition) is 2. The van der Waals surface area contributed by atoms with E-state index in [1.165, 1.54) is 24.2 Å². The fourth-order valence-electron chi connectivity index (χ4n) is 1.96. The highest BCUT2D eigenvalue weighted by Crippen LogP contribution is 2.29. The summed E-state index contributed by atoms with van der Waals surface area (Å²) in [7, 11) is 1.53. The summed E-state index contributed by atoms with van der Waals surface area (Å²) in [5.74, 6) is -0.566. The maximum atomic E-state index is 11.9. The number of pyridine rings is 1. The largest absolute Gasteiger partial charge is 0.462 e. The van der Waals surface area contributed by atoms with Crippen molar-refractivity contribution in [1.82, 2.24) is 20.2 Å². The summed E-state index contributed by atoms with van der Waals surface area (Å²) in [6, 6.07) is 1.23. The van der Waals surface area contributed by atoms with Gasteiger partial charge in [0, 0.05) is 13.2 Å². The van der Waals surface area contributed by atoms with Crippen LogP contribution in [0.1, 0.15) is 23.1 Å². The van der Waals surface area contributed by atoms with E-state index in [-0.39, 0.29) is 30.4 Å². The molecule has 0 aliphatic rings. The van der Waals surface area contributed by atoms with E-state index in [1.807, 2.05) is 0 Å². The van der Waals surface area contributed by atoms with Crippen molar-refractivity contribution in [3.8, 4) is 0 Å². The molecule has 0 atom stereocenters. The highest BCUT2D eigenvalue weighted by molar-refractivity contribution is 5.96. The number of nitrogens with one attached hydrogen (secondary N) is 2. The van der Waals surface area contributed by atoms with Gasteiger partial charge in [0.25, 0.3) is 0 Å². The van der Waals surface area contributed by atoms with Gasteiger partial charge in [0.05, 0.1) is 18.1 Å². The van der Waals surface area contributed by atoms with Crippen LogP contribution >= 0.6 is 0 Å². The molecule has 23 heavy (non-hydrogen) atoms. The molecule has 0 spiro atoms. The van der Waals surface area contributed by atoms with Gasteiger partial charge in [0.15, 0.2) is 0 Å². The maximum absolute atomic E-state index is 11.9. The van der Waals surface area contributed by atoms with Crippen LogP contribution in [0.25, 0.3) is 0 Å². The smallest absolute Gasteiger partial charge is 0.345 e. The molecule has 2 heterocycles. The van der Waals surface area contributed by atoms with Crippen molar-refractivity contribution >= 4 is 17.5 Å². The van der Waals surface area contributed by atoms with Crippen molar-refractivity contribution in [3.05, 3.63) is 44.2 Å². The molecule has 11 nitrogen and oxygen atoms in total. The lowest BCUT2D eigenvalue weighted by Gasteiger charge is -2.17. The Morgan fingerprint density at radius 3 is 2.83 bits per heavy atom. The predicted octanol–water partition coefficient (Wildman–Crippen LogP) is 0.214. The van der Waals surface area contributed by atoms with E-state index in [2.05, 4.69) is 20.2 Å². The van der Waals surface area contributed by atoms with E-state index < -0.39 is 22.3 Å². The van der Waals surface area contributed by atoms with Crippen molar-refractivity contribution < 1.29 is 14.5 Å². The molecule has 0 aliphatic heterocycles. The zero-order valence-corrected chi connectivity index (χ0v) is 12.4. The van der Waals surface area contributed by atoms with Crippen molar-refractivity contribution in [2.45, 2.75) is 13.5 Å². The van der Waals surface area contributed by atoms with Gasteiger partial charge >= 0.3 is 17.3 Å². The second-order valence-electron chi connectivity index (χ2n) is 4.49. The number of esters is 1. The first-order valence-corrected chi connectivity index (χ1v) is 6.59. The quantitative estimate of drug-likeness (QED) is 0.436. The number of anilines is 1. The molecule has 11 heteroatoms. The molecule has 0 amide bonds. The predicted molar refractivity (Wildman–Crippen MR) is 78.2 cm³/mol. The summed E-state index contributed by atoms with van der Waals surface area (Å²) >= 11 is 0. The van der Waals surface area contributed by atoms with Gasteiger partial charge in [-0.05, 0) is 13.0 Å². The van der Waals surface area contributed by atoms with E-state index in [4.69, 9.17) is 4.74 Å². The lowest BCUT2D eigenvalue weighted by molar-refractivity contribution is -0.384. The number of rotatable bonds is 6. The minimum atomic E-state index is -0.801. The summed E-state index contributed by atoms with van der Waals surface area (Å²) in [5, 5.41) is 17.3. The number of aromatic amines is 2. The molecule has 0 bridgehead atoms. The van der Waals surface area contributed by atoms with E-state index in [9.17, 15) is 19.7 Å². The molecule has 0 aliphatic carbocycles. The van der Waals surface area contributed by atoms with Gasteiger partial charge in [-0.1, -0.05) is 0 Å². The average Bonchev–Trinajstić information content (AvgIpc) is 2.91. The van der Waals surface area contributed by atoms with Crippen LogP contribution in [0.4, 0.5) is 11.5 Å². The topological polar surface area (TPSA) is 147 Å². The Morgan fingerprint density at radius 1 is 1.52 bits per heavy atom. The Morgan fingerprint density at radius 2 is 2.26 bits per heavy atom. The number of H-pyrrole nitrogens is 2. The lowest BCUT2D eigenvalue weighted by Crippen LogP contribution is -2.21. The van der Waals surface area contributed by atoms with E-state index in [0.717, 1.165) is 0 Å². The Kier molecular flexibility index (Phi) is 4.69. The normalized spacial score (nSPS) is 10.3. The summed E-state index contributed by atoms with van der Waals surface area (Å²) in [6.07, 6.45) is 1.28. The highest BCUT2D eigenvalue weighted by Gasteiger charge is 2.29. The maximum Gasteiger partial charge on any atom is 0.345 e. The molecule has 0 saturated carbocycles. The minimum Gasteiger partial charge on any atom is -0.462 e. The third-order valence-corrected chi connectivity index (χ3v) is 2.88. The zero-order chi connectivity index (χ0) is 17.0. The standard InChI is InChI=1S/C12H14N6O5/c1-3-23-11(19)7-4-5-13-10(9(7)18(21)22)17(2)6-8-14-12(20)16-15-8/h4-5H,3,6H2,1-2H3,(H2,14,15,16,20). The number of aromatic nitrogens is 4. The molecule has 0 aromatic carbocycles. The van der Waals surface area contributed by atoms with Crippen LogP contribution in [0.15, 0.2) is 17.1 Å². The third-order valence-electron chi connectivity index (χ3n) is 2.88. The molecule has 0 fully saturated rings. The Balaban J connectivity index is 2.40. The number of ether oxygens (including phenoxy) is 1. The molecule has 2 N–H and O–H groups in total.